The van der Waals surface area contributed by atoms with Gasteiger partial charge in [-0.25, -0.2) is 4.98 Å². The second-order valence-electron chi connectivity index (χ2n) is 5.95. The number of aromatic nitrogens is 2. The lowest BCUT2D eigenvalue weighted by molar-refractivity contribution is -0.116. The minimum Gasteiger partial charge on any atom is -0.494 e. The Kier molecular flexibility index (Phi) is 6.06. The molecule has 144 valence electrons. The van der Waals surface area contributed by atoms with Crippen LogP contribution in [0.3, 0.4) is 0 Å². The minimum atomic E-state index is -0.362. The van der Waals surface area contributed by atoms with Crippen molar-refractivity contribution in [3.05, 3.63) is 70.5 Å². The van der Waals surface area contributed by atoms with E-state index < -0.39 is 0 Å². The molecule has 0 bridgehead atoms. The van der Waals surface area contributed by atoms with Gasteiger partial charge in [-0.1, -0.05) is 24.3 Å². The van der Waals surface area contributed by atoms with Crippen molar-refractivity contribution in [3.63, 3.8) is 0 Å². The van der Waals surface area contributed by atoms with Gasteiger partial charge in [-0.05, 0) is 49.8 Å². The van der Waals surface area contributed by atoms with Crippen LogP contribution in [0.5, 0.6) is 5.75 Å². The van der Waals surface area contributed by atoms with Gasteiger partial charge in [-0.3, -0.25) is 25.0 Å². The molecule has 7 nitrogen and oxygen atoms in total. The molecule has 0 fully saturated rings. The average Bonchev–Trinajstić information content (AvgIpc) is 2.72. The quantitative estimate of drug-likeness (QED) is 0.488. The van der Waals surface area contributed by atoms with E-state index in [0.29, 0.717) is 24.1 Å². The number of rotatable bonds is 7. The van der Waals surface area contributed by atoms with Gasteiger partial charge in [0.2, 0.25) is 5.95 Å². The molecule has 0 radical (unpaired) electrons. The van der Waals surface area contributed by atoms with Gasteiger partial charge in [0, 0.05) is 12.6 Å². The minimum absolute atomic E-state index is 0.158. The van der Waals surface area contributed by atoms with E-state index in [0.717, 1.165) is 11.3 Å². The molecule has 3 aromatic rings. The van der Waals surface area contributed by atoms with E-state index in [9.17, 15) is 9.59 Å². The van der Waals surface area contributed by atoms with Crippen LogP contribution in [0, 0.1) is 0 Å². The lowest BCUT2D eigenvalue weighted by atomic mass is 10.2. The van der Waals surface area contributed by atoms with Gasteiger partial charge in [0.15, 0.2) is 0 Å². The summed E-state index contributed by atoms with van der Waals surface area (Å²) in [5.74, 6) is 0.707. The monoisotopic (exact) mass is 378 g/mol. The van der Waals surface area contributed by atoms with Gasteiger partial charge in [-0.15, -0.1) is 0 Å². The summed E-state index contributed by atoms with van der Waals surface area (Å²) in [6.45, 7) is 4.80. The molecule has 1 heterocycles. The molecule has 0 aliphatic rings. The predicted octanol–water partition coefficient (Wildman–Crippen LogP) is 2.97. The molecule has 0 saturated carbocycles. The maximum atomic E-state index is 12.6. The number of para-hydroxylation sites is 1. The highest BCUT2D eigenvalue weighted by Gasteiger charge is 2.09. The number of nitrogens with one attached hydrogen (secondary N) is 2. The summed E-state index contributed by atoms with van der Waals surface area (Å²) in [5.41, 5.74) is 6.56. The van der Waals surface area contributed by atoms with Crippen LogP contribution in [-0.4, -0.2) is 22.1 Å². The van der Waals surface area contributed by atoms with Crippen LogP contribution in [0.1, 0.15) is 19.4 Å². The molecule has 2 N–H and O–H groups in total. The Hall–Kier alpha value is -3.61. The highest BCUT2D eigenvalue weighted by molar-refractivity contribution is 5.92. The van der Waals surface area contributed by atoms with Crippen molar-refractivity contribution in [2.75, 3.05) is 12.0 Å². The molecule has 0 saturated heterocycles. The third-order valence-corrected chi connectivity index (χ3v) is 4.09. The smallest absolute Gasteiger partial charge is 0.262 e. The number of amides is 1. The summed E-state index contributed by atoms with van der Waals surface area (Å²) in [7, 11) is 0. The number of hydrazine groups is 1. The van der Waals surface area contributed by atoms with Gasteiger partial charge in [0.25, 0.3) is 11.5 Å². The molecule has 1 aromatic heterocycles. The summed E-state index contributed by atoms with van der Waals surface area (Å²) in [6.07, 6.45) is 3.09. The normalized spacial score (nSPS) is 10.9. The maximum Gasteiger partial charge on any atom is 0.262 e. The van der Waals surface area contributed by atoms with Crippen molar-refractivity contribution in [1.82, 2.24) is 15.0 Å². The van der Waals surface area contributed by atoms with Crippen LogP contribution in [0.4, 0.5) is 5.95 Å². The third kappa shape index (κ3) is 4.37. The predicted molar refractivity (Wildman–Crippen MR) is 110 cm³/mol. The van der Waals surface area contributed by atoms with Crippen LogP contribution in [0.2, 0.25) is 0 Å². The lowest BCUT2D eigenvalue weighted by Crippen LogP contribution is -2.33. The Bertz CT molecular complexity index is 1060. The number of nitrogens with zero attached hydrogens (tertiary/aromatic N) is 2. The standard InChI is InChI=1S/C21H22N4O3/c1-3-25-20(27)17-7-5-6-8-18(17)22-21(25)24-23-19(26)14-11-15-9-12-16(13-10-15)28-4-2/h5-14H,3-4H2,1-2H3,(H,22,24)(H,23,26)/b14-11+. The maximum absolute atomic E-state index is 12.6. The van der Waals surface area contributed by atoms with Crippen molar-refractivity contribution in [3.8, 4) is 5.75 Å². The van der Waals surface area contributed by atoms with Crippen molar-refractivity contribution in [2.24, 2.45) is 0 Å². The largest absolute Gasteiger partial charge is 0.494 e. The molecule has 0 spiro atoms. The lowest BCUT2D eigenvalue weighted by Gasteiger charge is -2.13. The van der Waals surface area contributed by atoms with E-state index in [4.69, 9.17) is 4.74 Å². The molecule has 2 aromatic carbocycles. The fraction of sp³-hybridized carbons (Fsp3) is 0.190. The van der Waals surface area contributed by atoms with Crippen LogP contribution in [0.25, 0.3) is 17.0 Å². The van der Waals surface area contributed by atoms with Crippen LogP contribution >= 0.6 is 0 Å². The van der Waals surface area contributed by atoms with Crippen molar-refractivity contribution >= 4 is 28.8 Å². The number of carbonyl (C=O) groups is 1. The summed E-state index contributed by atoms with van der Waals surface area (Å²) in [6, 6.07) is 14.5. The molecule has 3 rings (SSSR count). The molecule has 0 atom stereocenters. The van der Waals surface area contributed by atoms with E-state index in [-0.39, 0.29) is 17.4 Å². The first-order chi connectivity index (χ1) is 13.6. The van der Waals surface area contributed by atoms with Gasteiger partial charge < -0.3 is 4.74 Å². The van der Waals surface area contributed by atoms with Crippen LogP contribution in [0.15, 0.2) is 59.4 Å². The molecule has 0 aliphatic carbocycles. The third-order valence-electron chi connectivity index (χ3n) is 4.09. The molecule has 0 aliphatic heterocycles. The zero-order chi connectivity index (χ0) is 19.9. The molecular weight excluding hydrogens is 356 g/mol. The van der Waals surface area contributed by atoms with Crippen molar-refractivity contribution < 1.29 is 9.53 Å². The zero-order valence-electron chi connectivity index (χ0n) is 15.8. The second kappa shape index (κ2) is 8.85. The van der Waals surface area contributed by atoms with E-state index in [1.165, 1.54) is 10.6 Å². The van der Waals surface area contributed by atoms with Gasteiger partial charge in [0.05, 0.1) is 17.5 Å². The van der Waals surface area contributed by atoms with E-state index in [2.05, 4.69) is 15.8 Å². The Morgan fingerprint density at radius 1 is 1.14 bits per heavy atom. The molecular formula is C21H22N4O3. The topological polar surface area (TPSA) is 85.2 Å². The second-order valence-corrected chi connectivity index (χ2v) is 5.95. The SMILES string of the molecule is CCOc1ccc(/C=C/C(=O)NNc2nc3ccccc3c(=O)n2CC)cc1. The first kappa shape index (κ1) is 19.2. The van der Waals surface area contributed by atoms with Gasteiger partial charge >= 0.3 is 0 Å². The highest BCUT2D eigenvalue weighted by Crippen LogP contribution is 2.13. The number of carbonyl (C=O) groups excluding carboxylic acids is 1. The number of hydrogen-bond donors (Lipinski definition) is 2. The number of hydrogen-bond acceptors (Lipinski definition) is 5. The van der Waals surface area contributed by atoms with E-state index in [1.807, 2.05) is 44.2 Å². The van der Waals surface area contributed by atoms with Crippen LogP contribution < -0.4 is 21.1 Å². The van der Waals surface area contributed by atoms with E-state index in [1.54, 1.807) is 24.3 Å². The summed E-state index contributed by atoms with van der Waals surface area (Å²) >= 11 is 0. The highest BCUT2D eigenvalue weighted by atomic mass is 16.5. The first-order valence-corrected chi connectivity index (χ1v) is 9.09. The Labute approximate surface area is 162 Å². The van der Waals surface area contributed by atoms with E-state index >= 15 is 0 Å². The average molecular weight is 378 g/mol. The number of anilines is 1. The summed E-state index contributed by atoms with van der Waals surface area (Å²) < 4.78 is 6.86. The Morgan fingerprint density at radius 3 is 2.61 bits per heavy atom. The molecule has 0 unspecified atom stereocenters. The fourth-order valence-electron chi connectivity index (χ4n) is 2.73. The summed E-state index contributed by atoms with van der Waals surface area (Å²) in [4.78, 5) is 29.1. The summed E-state index contributed by atoms with van der Waals surface area (Å²) in [5, 5.41) is 0.539. The molecule has 28 heavy (non-hydrogen) atoms. The number of ether oxygens (including phenoxy) is 1. The zero-order valence-corrected chi connectivity index (χ0v) is 15.8. The molecule has 7 heteroatoms. The van der Waals surface area contributed by atoms with Gasteiger partial charge in [-0.2, -0.15) is 0 Å². The number of benzene rings is 2. The molecule has 1 amide bonds. The van der Waals surface area contributed by atoms with Crippen molar-refractivity contribution in [2.45, 2.75) is 20.4 Å². The fourth-order valence-corrected chi connectivity index (χ4v) is 2.73. The Balaban J connectivity index is 1.69. The number of fused-ring (bicyclic) bond motifs is 1. The van der Waals surface area contributed by atoms with Crippen molar-refractivity contribution in [1.29, 1.82) is 0 Å². The first-order valence-electron chi connectivity index (χ1n) is 9.09. The van der Waals surface area contributed by atoms with Gasteiger partial charge in [0.1, 0.15) is 5.75 Å². The Morgan fingerprint density at radius 2 is 1.89 bits per heavy atom. The van der Waals surface area contributed by atoms with Crippen LogP contribution in [-0.2, 0) is 11.3 Å².